The van der Waals surface area contributed by atoms with E-state index in [1.165, 1.54) is 23.8 Å². The number of hydrogen-bond acceptors (Lipinski definition) is 3. The Balaban J connectivity index is 1.66. The molecule has 2 N–H and O–H groups in total. The van der Waals surface area contributed by atoms with Gasteiger partial charge in [-0.05, 0) is 48.9 Å². The number of amides is 2. The number of carbonyl (C=O) groups is 2. The van der Waals surface area contributed by atoms with Gasteiger partial charge in [0.1, 0.15) is 4.88 Å². The molecule has 5 nitrogen and oxygen atoms in total. The third-order valence-electron chi connectivity index (χ3n) is 4.66. The molecule has 4 aromatic rings. The van der Waals surface area contributed by atoms with Crippen LogP contribution in [0.15, 0.2) is 78.4 Å². The van der Waals surface area contributed by atoms with Crippen LogP contribution in [0.5, 0.6) is 0 Å². The quantitative estimate of drug-likeness (QED) is 0.438. The van der Waals surface area contributed by atoms with E-state index in [1.54, 1.807) is 24.3 Å². The summed E-state index contributed by atoms with van der Waals surface area (Å²) < 4.78 is 1.97. The van der Waals surface area contributed by atoms with Gasteiger partial charge in [0.2, 0.25) is 5.91 Å². The minimum absolute atomic E-state index is 0.134. The third-order valence-corrected chi connectivity index (χ3v) is 5.63. The monoisotopic (exact) mass is 415 g/mol. The van der Waals surface area contributed by atoms with Crippen molar-refractivity contribution in [3.05, 3.63) is 88.9 Å². The topological polar surface area (TPSA) is 63.1 Å². The molecule has 0 spiro atoms. The lowest BCUT2D eigenvalue weighted by Gasteiger charge is -2.11. The van der Waals surface area contributed by atoms with Gasteiger partial charge in [0.05, 0.1) is 5.69 Å². The zero-order chi connectivity index (χ0) is 21.1. The maximum absolute atomic E-state index is 13.1. The van der Waals surface area contributed by atoms with Crippen molar-refractivity contribution in [1.82, 2.24) is 4.57 Å². The summed E-state index contributed by atoms with van der Waals surface area (Å²) in [5.41, 5.74) is 5.49. The number of nitrogens with one attached hydrogen (secondary N) is 2. The van der Waals surface area contributed by atoms with Gasteiger partial charge in [-0.15, -0.1) is 11.3 Å². The van der Waals surface area contributed by atoms with E-state index in [0.29, 0.717) is 16.3 Å². The van der Waals surface area contributed by atoms with Crippen LogP contribution >= 0.6 is 11.3 Å². The highest BCUT2D eigenvalue weighted by Gasteiger charge is 2.20. The van der Waals surface area contributed by atoms with Gasteiger partial charge in [0, 0.05) is 41.6 Å². The van der Waals surface area contributed by atoms with Crippen LogP contribution in [0.3, 0.4) is 0 Å². The third kappa shape index (κ3) is 4.18. The molecule has 0 atom stereocenters. The van der Waals surface area contributed by atoms with Crippen LogP contribution in [0.25, 0.3) is 16.8 Å². The Kier molecular flexibility index (Phi) is 5.50. The second-order valence-corrected chi connectivity index (χ2v) is 7.88. The SMILES string of the molecule is CC(=O)Nc1ccc(NC(=O)c2scc(-c3ccc(C)cc3)c2-n2cccc2)cc1. The molecule has 4 rings (SSSR count). The Morgan fingerprint density at radius 1 is 0.867 bits per heavy atom. The van der Waals surface area contributed by atoms with E-state index < -0.39 is 0 Å². The Bertz CT molecular complexity index is 1170. The van der Waals surface area contributed by atoms with Crippen molar-refractivity contribution in [1.29, 1.82) is 0 Å². The van der Waals surface area contributed by atoms with Crippen molar-refractivity contribution in [3.8, 4) is 16.8 Å². The van der Waals surface area contributed by atoms with Crippen molar-refractivity contribution < 1.29 is 9.59 Å². The lowest BCUT2D eigenvalue weighted by Crippen LogP contribution is -2.13. The first kappa shape index (κ1) is 19.7. The number of hydrogen-bond donors (Lipinski definition) is 2. The Morgan fingerprint density at radius 2 is 1.47 bits per heavy atom. The number of nitrogens with zero attached hydrogens (tertiary/aromatic N) is 1. The molecular formula is C24H21N3O2S. The maximum Gasteiger partial charge on any atom is 0.267 e. The zero-order valence-electron chi connectivity index (χ0n) is 16.7. The highest BCUT2D eigenvalue weighted by atomic mass is 32.1. The molecular weight excluding hydrogens is 394 g/mol. The fraction of sp³-hybridized carbons (Fsp3) is 0.0833. The van der Waals surface area contributed by atoms with Gasteiger partial charge in [-0.25, -0.2) is 0 Å². The molecule has 0 saturated heterocycles. The predicted molar refractivity (Wildman–Crippen MR) is 123 cm³/mol. The standard InChI is InChI=1S/C24H21N3O2S/c1-16-5-7-18(8-6-16)21-15-30-23(22(21)27-13-3-4-14-27)24(29)26-20-11-9-19(10-12-20)25-17(2)28/h3-15H,1-2H3,(H,25,28)(H,26,29). The second kappa shape index (κ2) is 8.39. The largest absolute Gasteiger partial charge is 0.326 e. The van der Waals surface area contributed by atoms with Crippen LogP contribution in [-0.2, 0) is 4.79 Å². The van der Waals surface area contributed by atoms with Crippen molar-refractivity contribution in [2.75, 3.05) is 10.6 Å². The maximum atomic E-state index is 13.1. The summed E-state index contributed by atoms with van der Waals surface area (Å²) in [6.45, 7) is 3.52. The van der Waals surface area contributed by atoms with Gasteiger partial charge in [0.25, 0.3) is 5.91 Å². The molecule has 0 bridgehead atoms. The van der Waals surface area contributed by atoms with Crippen molar-refractivity contribution >= 4 is 34.5 Å². The van der Waals surface area contributed by atoms with Crippen LogP contribution in [0.1, 0.15) is 22.2 Å². The summed E-state index contributed by atoms with van der Waals surface area (Å²) in [6.07, 6.45) is 3.89. The average Bonchev–Trinajstić information content (AvgIpc) is 3.39. The van der Waals surface area contributed by atoms with E-state index in [2.05, 4.69) is 41.8 Å². The second-order valence-electron chi connectivity index (χ2n) is 7.00. The van der Waals surface area contributed by atoms with Crippen molar-refractivity contribution in [3.63, 3.8) is 0 Å². The van der Waals surface area contributed by atoms with Crippen molar-refractivity contribution in [2.24, 2.45) is 0 Å². The Hall–Kier alpha value is -3.64. The van der Waals surface area contributed by atoms with Crippen molar-refractivity contribution in [2.45, 2.75) is 13.8 Å². The Labute approximate surface area is 179 Å². The molecule has 150 valence electrons. The van der Waals surface area contributed by atoms with Gasteiger partial charge >= 0.3 is 0 Å². The van der Waals surface area contributed by atoms with E-state index in [4.69, 9.17) is 0 Å². The number of benzene rings is 2. The van der Waals surface area contributed by atoms with Gasteiger partial charge in [-0.3, -0.25) is 9.59 Å². The molecule has 0 unspecified atom stereocenters. The molecule has 0 aliphatic rings. The molecule has 0 saturated carbocycles. The van der Waals surface area contributed by atoms with Crippen LogP contribution in [0.4, 0.5) is 11.4 Å². The van der Waals surface area contributed by atoms with E-state index in [9.17, 15) is 9.59 Å². The number of rotatable bonds is 5. The van der Waals surface area contributed by atoms with E-state index >= 15 is 0 Å². The first-order chi connectivity index (χ1) is 14.5. The number of aromatic nitrogens is 1. The highest BCUT2D eigenvalue weighted by molar-refractivity contribution is 7.13. The molecule has 2 aromatic heterocycles. The lowest BCUT2D eigenvalue weighted by molar-refractivity contribution is -0.114. The van der Waals surface area contributed by atoms with Gasteiger partial charge in [0.15, 0.2) is 0 Å². The van der Waals surface area contributed by atoms with Crippen LogP contribution in [0, 0.1) is 6.92 Å². The van der Waals surface area contributed by atoms with Crippen LogP contribution in [0.2, 0.25) is 0 Å². The minimum Gasteiger partial charge on any atom is -0.326 e. The summed E-state index contributed by atoms with van der Waals surface area (Å²) >= 11 is 1.42. The van der Waals surface area contributed by atoms with E-state index in [0.717, 1.165) is 16.8 Å². The fourth-order valence-electron chi connectivity index (χ4n) is 3.22. The van der Waals surface area contributed by atoms with Gasteiger partial charge in [-0.1, -0.05) is 29.8 Å². The van der Waals surface area contributed by atoms with Crippen LogP contribution in [-0.4, -0.2) is 16.4 Å². The zero-order valence-corrected chi connectivity index (χ0v) is 17.5. The molecule has 30 heavy (non-hydrogen) atoms. The molecule has 0 aliphatic carbocycles. The predicted octanol–water partition coefficient (Wildman–Crippen LogP) is 5.72. The lowest BCUT2D eigenvalue weighted by atomic mass is 10.0. The number of anilines is 2. The number of carbonyl (C=O) groups excluding carboxylic acids is 2. The van der Waals surface area contributed by atoms with E-state index in [1.807, 2.05) is 34.5 Å². The van der Waals surface area contributed by atoms with Gasteiger partial charge in [-0.2, -0.15) is 0 Å². The first-order valence-electron chi connectivity index (χ1n) is 9.52. The normalized spacial score (nSPS) is 10.6. The molecule has 0 radical (unpaired) electrons. The summed E-state index contributed by atoms with van der Waals surface area (Å²) in [7, 11) is 0. The van der Waals surface area contributed by atoms with Crippen LogP contribution < -0.4 is 10.6 Å². The number of thiophene rings is 1. The molecule has 2 amide bonds. The molecule has 6 heteroatoms. The minimum atomic E-state index is -0.172. The molecule has 2 aromatic carbocycles. The fourth-order valence-corrected chi connectivity index (χ4v) is 4.19. The first-order valence-corrected chi connectivity index (χ1v) is 10.4. The average molecular weight is 416 g/mol. The van der Waals surface area contributed by atoms with Gasteiger partial charge < -0.3 is 15.2 Å². The molecule has 0 fully saturated rings. The summed E-state index contributed by atoms with van der Waals surface area (Å²) in [5, 5.41) is 7.70. The van der Waals surface area contributed by atoms with E-state index in [-0.39, 0.29) is 11.8 Å². The number of aryl methyl sites for hydroxylation is 1. The smallest absolute Gasteiger partial charge is 0.267 e. The summed E-state index contributed by atoms with van der Waals surface area (Å²) in [6, 6.07) is 19.2. The Morgan fingerprint density at radius 3 is 2.07 bits per heavy atom. The summed E-state index contributed by atoms with van der Waals surface area (Å²) in [5.74, 6) is -0.306. The highest BCUT2D eigenvalue weighted by Crippen LogP contribution is 2.35. The summed E-state index contributed by atoms with van der Waals surface area (Å²) in [4.78, 5) is 24.9. The molecule has 2 heterocycles. The molecule has 0 aliphatic heterocycles.